The molecule has 8 heteroatoms. The fourth-order valence-electron chi connectivity index (χ4n) is 2.54. The third kappa shape index (κ3) is 3.36. The first-order valence-electron chi connectivity index (χ1n) is 8.06. The van der Waals surface area contributed by atoms with Crippen LogP contribution in [0.3, 0.4) is 0 Å². The van der Waals surface area contributed by atoms with E-state index in [0.29, 0.717) is 33.4 Å². The third-order valence-electron chi connectivity index (χ3n) is 3.77. The zero-order chi connectivity index (χ0) is 18.8. The predicted molar refractivity (Wildman–Crippen MR) is 108 cm³/mol. The Kier molecular flexibility index (Phi) is 4.74. The highest BCUT2D eigenvalue weighted by atomic mass is 32.1. The van der Waals surface area contributed by atoms with Crippen LogP contribution in [0.15, 0.2) is 53.2 Å². The molecule has 0 radical (unpaired) electrons. The number of methoxy groups -OCH3 is 1. The number of nitrogens with zero attached hydrogens (tertiary/aromatic N) is 3. The van der Waals surface area contributed by atoms with Crippen LogP contribution in [0.25, 0.3) is 21.7 Å². The topological polar surface area (TPSA) is 65.7 Å². The van der Waals surface area contributed by atoms with Gasteiger partial charge in [0.25, 0.3) is 5.56 Å². The van der Waals surface area contributed by atoms with Gasteiger partial charge in [0.2, 0.25) is 4.96 Å². The van der Waals surface area contributed by atoms with E-state index in [1.165, 1.54) is 15.9 Å². The lowest BCUT2D eigenvalue weighted by molar-refractivity contribution is 0.326. The molecule has 1 aromatic carbocycles. The van der Waals surface area contributed by atoms with Crippen LogP contribution in [0.4, 0.5) is 0 Å². The molecule has 0 aliphatic carbocycles. The summed E-state index contributed by atoms with van der Waals surface area (Å²) in [6.45, 7) is 4.03. The Bertz CT molecular complexity index is 1210. The SMILES string of the molecule is C=CCOc1ccc(C=c2sc3nc(-c4cccs4)nn3c2=O)cc1OC. The van der Waals surface area contributed by atoms with Gasteiger partial charge in [-0.15, -0.1) is 16.4 Å². The van der Waals surface area contributed by atoms with Gasteiger partial charge in [-0.3, -0.25) is 4.79 Å². The van der Waals surface area contributed by atoms with Gasteiger partial charge in [-0.2, -0.15) is 9.50 Å². The molecule has 0 atom stereocenters. The summed E-state index contributed by atoms with van der Waals surface area (Å²) < 4.78 is 12.8. The summed E-state index contributed by atoms with van der Waals surface area (Å²) in [4.78, 5) is 18.6. The van der Waals surface area contributed by atoms with E-state index in [0.717, 1.165) is 10.4 Å². The minimum atomic E-state index is -0.184. The van der Waals surface area contributed by atoms with Crippen molar-refractivity contribution in [1.29, 1.82) is 0 Å². The normalized spacial score (nSPS) is 11.8. The van der Waals surface area contributed by atoms with Crippen molar-refractivity contribution in [3.63, 3.8) is 0 Å². The molecule has 4 rings (SSSR count). The van der Waals surface area contributed by atoms with E-state index in [1.807, 2.05) is 35.7 Å². The number of hydrogen-bond donors (Lipinski definition) is 0. The van der Waals surface area contributed by atoms with Crippen molar-refractivity contribution in [1.82, 2.24) is 14.6 Å². The van der Waals surface area contributed by atoms with Gasteiger partial charge in [0.15, 0.2) is 17.3 Å². The molecule has 0 unspecified atom stereocenters. The highest BCUT2D eigenvalue weighted by molar-refractivity contribution is 7.15. The molecule has 0 N–H and O–H groups in total. The molecule has 0 bridgehead atoms. The average molecular weight is 397 g/mol. The number of aromatic nitrogens is 3. The van der Waals surface area contributed by atoms with Gasteiger partial charge < -0.3 is 9.47 Å². The Labute approximate surface area is 162 Å². The van der Waals surface area contributed by atoms with Crippen molar-refractivity contribution in [3.05, 3.63) is 68.8 Å². The Hall–Kier alpha value is -2.97. The van der Waals surface area contributed by atoms with Crippen molar-refractivity contribution < 1.29 is 9.47 Å². The second kappa shape index (κ2) is 7.34. The summed E-state index contributed by atoms with van der Waals surface area (Å²) in [6.07, 6.45) is 3.47. The van der Waals surface area contributed by atoms with Gasteiger partial charge in [0, 0.05) is 0 Å². The fourth-order valence-corrected chi connectivity index (χ4v) is 4.10. The molecule has 3 aromatic heterocycles. The first kappa shape index (κ1) is 17.4. The predicted octanol–water partition coefficient (Wildman–Crippen LogP) is 3.00. The smallest absolute Gasteiger partial charge is 0.291 e. The zero-order valence-electron chi connectivity index (χ0n) is 14.4. The van der Waals surface area contributed by atoms with Gasteiger partial charge in [-0.1, -0.05) is 36.1 Å². The molecule has 0 aliphatic heterocycles. The van der Waals surface area contributed by atoms with Crippen molar-refractivity contribution in [2.75, 3.05) is 13.7 Å². The quantitative estimate of drug-likeness (QED) is 0.468. The number of thiophene rings is 1. The first-order chi connectivity index (χ1) is 13.2. The van der Waals surface area contributed by atoms with E-state index in [1.54, 1.807) is 30.6 Å². The van der Waals surface area contributed by atoms with Gasteiger partial charge >= 0.3 is 0 Å². The van der Waals surface area contributed by atoms with Gasteiger partial charge in [-0.05, 0) is 35.2 Å². The van der Waals surface area contributed by atoms with Crippen molar-refractivity contribution in [2.24, 2.45) is 0 Å². The molecule has 0 amide bonds. The lowest BCUT2D eigenvalue weighted by Gasteiger charge is -2.09. The maximum Gasteiger partial charge on any atom is 0.291 e. The molecule has 0 aliphatic rings. The summed E-state index contributed by atoms with van der Waals surface area (Å²) in [5.74, 6) is 1.79. The zero-order valence-corrected chi connectivity index (χ0v) is 16.0. The van der Waals surface area contributed by atoms with Crippen LogP contribution in [0.2, 0.25) is 0 Å². The second-order valence-electron chi connectivity index (χ2n) is 5.53. The van der Waals surface area contributed by atoms with Crippen LogP contribution in [0.5, 0.6) is 11.5 Å². The Morgan fingerprint density at radius 2 is 2.19 bits per heavy atom. The molecule has 27 heavy (non-hydrogen) atoms. The summed E-state index contributed by atoms with van der Waals surface area (Å²) in [6, 6.07) is 9.37. The lowest BCUT2D eigenvalue weighted by Crippen LogP contribution is -2.23. The number of hydrogen-bond acceptors (Lipinski definition) is 7. The molecule has 0 saturated carbocycles. The Balaban J connectivity index is 1.72. The van der Waals surface area contributed by atoms with E-state index < -0.39 is 0 Å². The highest BCUT2D eigenvalue weighted by Crippen LogP contribution is 2.28. The van der Waals surface area contributed by atoms with Crippen molar-refractivity contribution in [3.8, 4) is 22.2 Å². The second-order valence-corrected chi connectivity index (χ2v) is 7.49. The van der Waals surface area contributed by atoms with E-state index in [2.05, 4.69) is 16.7 Å². The highest BCUT2D eigenvalue weighted by Gasteiger charge is 2.12. The molecular weight excluding hydrogens is 382 g/mol. The minimum absolute atomic E-state index is 0.184. The van der Waals surface area contributed by atoms with Gasteiger partial charge in [0.1, 0.15) is 6.61 Å². The van der Waals surface area contributed by atoms with Crippen LogP contribution in [-0.4, -0.2) is 28.3 Å². The van der Waals surface area contributed by atoms with E-state index in [4.69, 9.17) is 9.47 Å². The monoisotopic (exact) mass is 397 g/mol. The first-order valence-corrected chi connectivity index (χ1v) is 9.76. The molecule has 3 heterocycles. The van der Waals surface area contributed by atoms with Crippen LogP contribution in [0, 0.1) is 0 Å². The van der Waals surface area contributed by atoms with E-state index in [-0.39, 0.29) is 5.56 Å². The number of thiazole rings is 1. The van der Waals surface area contributed by atoms with Crippen LogP contribution in [0.1, 0.15) is 5.56 Å². The molecule has 6 nitrogen and oxygen atoms in total. The van der Waals surface area contributed by atoms with E-state index in [9.17, 15) is 4.79 Å². The molecule has 0 spiro atoms. The molecule has 0 fully saturated rings. The minimum Gasteiger partial charge on any atom is -0.493 e. The van der Waals surface area contributed by atoms with Crippen LogP contribution < -0.4 is 19.6 Å². The van der Waals surface area contributed by atoms with E-state index >= 15 is 0 Å². The summed E-state index contributed by atoms with van der Waals surface area (Å²) in [5.41, 5.74) is 0.647. The fraction of sp³-hybridized carbons (Fsp3) is 0.105. The van der Waals surface area contributed by atoms with Crippen molar-refractivity contribution >= 4 is 33.7 Å². The van der Waals surface area contributed by atoms with Crippen molar-refractivity contribution in [2.45, 2.75) is 0 Å². The van der Waals surface area contributed by atoms with Crippen LogP contribution in [-0.2, 0) is 0 Å². The number of benzene rings is 1. The maximum absolute atomic E-state index is 12.7. The molecule has 0 saturated heterocycles. The third-order valence-corrected chi connectivity index (χ3v) is 5.59. The molecular formula is C19H15N3O3S2. The number of rotatable bonds is 6. The summed E-state index contributed by atoms with van der Waals surface area (Å²) in [5, 5.41) is 6.29. The summed E-state index contributed by atoms with van der Waals surface area (Å²) >= 11 is 2.85. The largest absolute Gasteiger partial charge is 0.493 e. The molecule has 136 valence electrons. The molecule has 4 aromatic rings. The maximum atomic E-state index is 12.7. The standard InChI is InChI=1S/C19H15N3O3S2/c1-3-8-25-13-7-6-12(10-14(13)24-2)11-16-18(23)22-19(27-16)20-17(21-22)15-5-4-9-26-15/h3-7,9-11H,1,8H2,2H3. The summed E-state index contributed by atoms with van der Waals surface area (Å²) in [7, 11) is 1.58. The number of ether oxygens (including phenoxy) is 2. The van der Waals surface area contributed by atoms with Gasteiger partial charge in [-0.25, -0.2) is 0 Å². The van der Waals surface area contributed by atoms with Gasteiger partial charge in [0.05, 0.1) is 16.5 Å². The Morgan fingerprint density at radius 3 is 2.89 bits per heavy atom. The lowest BCUT2D eigenvalue weighted by atomic mass is 10.2. The average Bonchev–Trinajstić information content (AvgIpc) is 3.39. The Morgan fingerprint density at radius 1 is 1.30 bits per heavy atom. The number of fused-ring (bicyclic) bond motifs is 1. The van der Waals surface area contributed by atoms with Crippen LogP contribution >= 0.6 is 22.7 Å².